The molecule has 0 fully saturated rings. The number of carboxylic acid groups (broad SMARTS) is 1. The van der Waals surface area contributed by atoms with Crippen LogP contribution in [0.2, 0.25) is 5.02 Å². The van der Waals surface area contributed by atoms with Gasteiger partial charge in [0.05, 0.1) is 23.9 Å². The second kappa shape index (κ2) is 13.5. The van der Waals surface area contributed by atoms with Crippen LogP contribution in [0.3, 0.4) is 0 Å². The van der Waals surface area contributed by atoms with E-state index in [-0.39, 0.29) is 22.8 Å². The highest BCUT2D eigenvalue weighted by Gasteiger charge is 2.32. The quantitative estimate of drug-likeness (QED) is 0.225. The van der Waals surface area contributed by atoms with Crippen molar-refractivity contribution in [2.75, 3.05) is 17.5 Å². The molecular weight excluding hydrogens is 540 g/mol. The SMILES string of the molecule is CCOc1ccc(CCOc2cc(C)cc(N(C(C)CCC(=O)O)S(=O)(=O)c3ccccc3Cl)c2)c(C=N)c1. The molecule has 0 aromatic heterocycles. The van der Waals surface area contributed by atoms with Gasteiger partial charge in [0.15, 0.2) is 0 Å². The van der Waals surface area contributed by atoms with E-state index < -0.39 is 22.0 Å². The maximum atomic E-state index is 13.8. The van der Waals surface area contributed by atoms with Gasteiger partial charge < -0.3 is 20.0 Å². The second-order valence-electron chi connectivity index (χ2n) is 9.05. The maximum absolute atomic E-state index is 13.8. The molecule has 0 radical (unpaired) electrons. The number of hydrogen-bond acceptors (Lipinski definition) is 6. The van der Waals surface area contributed by atoms with Crippen LogP contribution in [-0.4, -0.2) is 45.0 Å². The lowest BCUT2D eigenvalue weighted by Crippen LogP contribution is -2.39. The minimum Gasteiger partial charge on any atom is -0.494 e. The van der Waals surface area contributed by atoms with E-state index in [1.54, 1.807) is 37.3 Å². The number of aliphatic carboxylic acids is 1. The van der Waals surface area contributed by atoms with E-state index in [9.17, 15) is 18.3 Å². The number of halogens is 1. The van der Waals surface area contributed by atoms with Crippen molar-refractivity contribution in [1.82, 2.24) is 0 Å². The zero-order valence-electron chi connectivity index (χ0n) is 22.2. The van der Waals surface area contributed by atoms with E-state index in [0.717, 1.165) is 16.7 Å². The Morgan fingerprint density at radius 3 is 2.51 bits per heavy atom. The van der Waals surface area contributed by atoms with E-state index in [0.29, 0.717) is 36.8 Å². The summed E-state index contributed by atoms with van der Waals surface area (Å²) in [4.78, 5) is 11.2. The molecule has 10 heteroatoms. The molecule has 0 saturated carbocycles. The Hall–Kier alpha value is -3.56. The van der Waals surface area contributed by atoms with Crippen molar-refractivity contribution in [3.05, 3.63) is 82.4 Å². The Morgan fingerprint density at radius 1 is 1.10 bits per heavy atom. The molecule has 0 heterocycles. The van der Waals surface area contributed by atoms with Gasteiger partial charge in [0, 0.05) is 31.2 Å². The van der Waals surface area contributed by atoms with Crippen molar-refractivity contribution in [2.24, 2.45) is 0 Å². The number of anilines is 1. The number of sulfonamides is 1. The van der Waals surface area contributed by atoms with Crippen LogP contribution in [-0.2, 0) is 21.2 Å². The molecule has 8 nitrogen and oxygen atoms in total. The molecule has 0 aliphatic heterocycles. The van der Waals surface area contributed by atoms with Crippen molar-refractivity contribution in [3.63, 3.8) is 0 Å². The van der Waals surface area contributed by atoms with Crippen LogP contribution in [0.15, 0.2) is 65.6 Å². The van der Waals surface area contributed by atoms with Crippen LogP contribution in [0.4, 0.5) is 5.69 Å². The number of rotatable bonds is 14. The molecule has 0 aliphatic rings. The number of aryl methyl sites for hydroxylation is 1. The largest absolute Gasteiger partial charge is 0.494 e. The molecule has 0 amide bonds. The Bertz CT molecular complexity index is 1430. The van der Waals surface area contributed by atoms with Gasteiger partial charge in [0.2, 0.25) is 0 Å². The van der Waals surface area contributed by atoms with Gasteiger partial charge in [0.25, 0.3) is 10.0 Å². The van der Waals surface area contributed by atoms with Gasteiger partial charge in [-0.15, -0.1) is 0 Å². The lowest BCUT2D eigenvalue weighted by Gasteiger charge is -2.31. The number of benzene rings is 3. The fraction of sp³-hybridized carbons (Fsp3) is 0.310. The molecule has 0 aliphatic carbocycles. The number of nitrogens with one attached hydrogen (secondary N) is 1. The predicted octanol–water partition coefficient (Wildman–Crippen LogP) is 6.11. The predicted molar refractivity (Wildman–Crippen MR) is 153 cm³/mol. The minimum atomic E-state index is -4.13. The Kier molecular flexibility index (Phi) is 10.4. The molecular formula is C29H33ClN2O6S. The zero-order valence-corrected chi connectivity index (χ0v) is 23.8. The summed E-state index contributed by atoms with van der Waals surface area (Å²) in [7, 11) is -4.13. The van der Waals surface area contributed by atoms with Crippen LogP contribution in [0.1, 0.15) is 43.4 Å². The Balaban J connectivity index is 1.91. The minimum absolute atomic E-state index is 0.0625. The molecule has 2 N–H and O–H groups in total. The van der Waals surface area contributed by atoms with Crippen LogP contribution < -0.4 is 13.8 Å². The molecule has 39 heavy (non-hydrogen) atoms. The summed E-state index contributed by atoms with van der Waals surface area (Å²) in [6.07, 6.45) is 1.71. The first-order valence-electron chi connectivity index (χ1n) is 12.6. The molecule has 3 aromatic carbocycles. The summed E-state index contributed by atoms with van der Waals surface area (Å²) in [5, 5.41) is 17.0. The summed E-state index contributed by atoms with van der Waals surface area (Å²) in [6.45, 7) is 6.23. The third kappa shape index (κ3) is 7.74. The monoisotopic (exact) mass is 572 g/mol. The van der Waals surface area contributed by atoms with Gasteiger partial charge in [-0.2, -0.15) is 0 Å². The fourth-order valence-electron chi connectivity index (χ4n) is 4.25. The van der Waals surface area contributed by atoms with Gasteiger partial charge in [-0.1, -0.05) is 29.8 Å². The highest BCUT2D eigenvalue weighted by molar-refractivity contribution is 7.93. The van der Waals surface area contributed by atoms with E-state index in [4.69, 9.17) is 26.5 Å². The number of ether oxygens (including phenoxy) is 2. The average molecular weight is 573 g/mol. The van der Waals surface area contributed by atoms with Crippen molar-refractivity contribution in [1.29, 1.82) is 5.41 Å². The molecule has 3 aromatic rings. The van der Waals surface area contributed by atoms with Gasteiger partial charge in [0.1, 0.15) is 16.4 Å². The summed E-state index contributed by atoms with van der Waals surface area (Å²) in [6, 6.07) is 16.2. The maximum Gasteiger partial charge on any atom is 0.303 e. The van der Waals surface area contributed by atoms with Crippen molar-refractivity contribution in [2.45, 2.75) is 51.0 Å². The first-order chi connectivity index (χ1) is 18.6. The fourth-order valence-corrected chi connectivity index (χ4v) is 6.42. The first kappa shape index (κ1) is 30.0. The normalized spacial score (nSPS) is 12.0. The third-order valence-electron chi connectivity index (χ3n) is 6.06. The Morgan fingerprint density at radius 2 is 1.85 bits per heavy atom. The van der Waals surface area contributed by atoms with Crippen molar-refractivity contribution < 1.29 is 27.8 Å². The van der Waals surface area contributed by atoms with Crippen molar-refractivity contribution in [3.8, 4) is 11.5 Å². The van der Waals surface area contributed by atoms with Gasteiger partial charge in [-0.25, -0.2) is 8.42 Å². The zero-order chi connectivity index (χ0) is 28.6. The number of hydrogen-bond donors (Lipinski definition) is 2. The summed E-state index contributed by atoms with van der Waals surface area (Å²) >= 11 is 6.27. The van der Waals surface area contributed by atoms with Crippen LogP contribution in [0, 0.1) is 12.3 Å². The third-order valence-corrected chi connectivity index (χ3v) is 8.51. The second-order valence-corrected chi connectivity index (χ2v) is 11.2. The summed E-state index contributed by atoms with van der Waals surface area (Å²) in [5.41, 5.74) is 2.78. The first-order valence-corrected chi connectivity index (χ1v) is 14.4. The van der Waals surface area contributed by atoms with E-state index in [1.807, 2.05) is 32.0 Å². The van der Waals surface area contributed by atoms with E-state index >= 15 is 0 Å². The molecule has 0 saturated heterocycles. The van der Waals surface area contributed by atoms with Gasteiger partial charge >= 0.3 is 5.97 Å². The molecule has 1 unspecified atom stereocenters. The van der Waals surface area contributed by atoms with E-state index in [2.05, 4.69) is 0 Å². The lowest BCUT2D eigenvalue weighted by molar-refractivity contribution is -0.137. The lowest BCUT2D eigenvalue weighted by atomic mass is 10.1. The van der Waals surface area contributed by atoms with Crippen molar-refractivity contribution >= 4 is 39.5 Å². The number of carbonyl (C=O) groups is 1. The number of nitrogens with zero attached hydrogens (tertiary/aromatic N) is 1. The standard InChI is InChI=1S/C29H33ClN2O6S/c1-4-37-25-11-10-22(23(17-25)19-31)13-14-38-26-16-20(2)15-24(18-26)32(21(3)9-12-29(33)34)39(35,36)28-8-6-5-7-27(28)30/h5-8,10-11,15-19,21,31H,4,9,12-14H2,1-3H3,(H,33,34). The van der Waals surface area contributed by atoms with Gasteiger partial charge in [-0.3, -0.25) is 9.10 Å². The van der Waals surface area contributed by atoms with Crippen LogP contribution in [0.5, 0.6) is 11.5 Å². The molecule has 0 spiro atoms. The highest BCUT2D eigenvalue weighted by Crippen LogP contribution is 2.34. The Labute approximate surface area is 234 Å². The smallest absolute Gasteiger partial charge is 0.303 e. The van der Waals surface area contributed by atoms with E-state index in [1.165, 1.54) is 22.7 Å². The molecule has 3 rings (SSSR count). The van der Waals surface area contributed by atoms with Gasteiger partial charge in [-0.05, 0) is 80.3 Å². The topological polar surface area (TPSA) is 117 Å². The molecule has 1 atom stereocenters. The highest BCUT2D eigenvalue weighted by atomic mass is 35.5. The molecule has 208 valence electrons. The number of carboxylic acids is 1. The van der Waals surface area contributed by atoms with Crippen LogP contribution >= 0.6 is 11.6 Å². The molecule has 0 bridgehead atoms. The summed E-state index contributed by atoms with van der Waals surface area (Å²) < 4.78 is 40.4. The summed E-state index contributed by atoms with van der Waals surface area (Å²) in [5.74, 6) is 0.154. The van der Waals surface area contributed by atoms with Crippen LogP contribution in [0.25, 0.3) is 0 Å². The average Bonchev–Trinajstić information content (AvgIpc) is 2.88.